The van der Waals surface area contributed by atoms with E-state index in [2.05, 4.69) is 30.7 Å². The number of hydrogen-bond donors (Lipinski definition) is 2. The lowest BCUT2D eigenvalue weighted by Crippen LogP contribution is -2.37. The van der Waals surface area contributed by atoms with Crippen LogP contribution in [0.15, 0.2) is 17.5 Å². The number of rotatable bonds is 5. The summed E-state index contributed by atoms with van der Waals surface area (Å²) in [5, 5.41) is 10.5. The Morgan fingerprint density at radius 1 is 1.26 bits per heavy atom. The summed E-state index contributed by atoms with van der Waals surface area (Å²) in [5.41, 5.74) is 2.98. The zero-order valence-electron chi connectivity index (χ0n) is 14.2. The van der Waals surface area contributed by atoms with Crippen molar-refractivity contribution >= 4 is 5.96 Å². The Bertz CT molecular complexity index is 693. The van der Waals surface area contributed by atoms with Crippen LogP contribution in [0.4, 0.5) is 0 Å². The first-order valence-electron chi connectivity index (χ1n) is 7.33. The lowest BCUT2D eigenvalue weighted by atomic mass is 10.1. The summed E-state index contributed by atoms with van der Waals surface area (Å²) in [6.45, 7) is 5.09. The highest BCUT2D eigenvalue weighted by molar-refractivity contribution is 5.79. The summed E-state index contributed by atoms with van der Waals surface area (Å²) in [6.07, 6.45) is 3.34. The molecule has 8 nitrogen and oxygen atoms in total. The van der Waals surface area contributed by atoms with Gasteiger partial charge in [-0.15, -0.1) is 0 Å². The van der Waals surface area contributed by atoms with Gasteiger partial charge in [0.2, 0.25) is 0 Å². The summed E-state index contributed by atoms with van der Waals surface area (Å²) in [6, 6.07) is 0. The quantitative estimate of drug-likeness (QED) is 0.623. The largest absolute Gasteiger partial charge is 0.496 e. The summed E-state index contributed by atoms with van der Waals surface area (Å²) in [7, 11) is 5.25. The van der Waals surface area contributed by atoms with E-state index in [1.54, 1.807) is 18.8 Å². The number of aryl methyl sites for hydroxylation is 2. The molecule has 0 aliphatic carbocycles. The second kappa shape index (κ2) is 7.57. The molecule has 0 radical (unpaired) electrons. The van der Waals surface area contributed by atoms with Gasteiger partial charge in [0.1, 0.15) is 17.9 Å². The first-order chi connectivity index (χ1) is 11.1. The number of aromatic nitrogens is 4. The Kier molecular flexibility index (Phi) is 5.51. The third kappa shape index (κ3) is 3.97. The molecule has 0 atom stereocenters. The lowest BCUT2D eigenvalue weighted by Gasteiger charge is -2.15. The molecule has 2 heterocycles. The summed E-state index contributed by atoms with van der Waals surface area (Å²) in [4.78, 5) is 12.8. The van der Waals surface area contributed by atoms with Gasteiger partial charge in [-0.3, -0.25) is 14.7 Å². The fraction of sp³-hybridized carbons (Fsp3) is 0.467. The number of aliphatic imine (C=N–C) groups is 1. The zero-order valence-corrected chi connectivity index (χ0v) is 14.2. The molecule has 0 aliphatic rings. The molecule has 2 aromatic heterocycles. The van der Waals surface area contributed by atoms with Crippen LogP contribution in [0, 0.1) is 13.8 Å². The van der Waals surface area contributed by atoms with Crippen LogP contribution in [0.1, 0.15) is 22.6 Å². The Labute approximate surface area is 136 Å². The van der Waals surface area contributed by atoms with Gasteiger partial charge in [-0.25, -0.2) is 4.98 Å². The molecule has 2 N–H and O–H groups in total. The van der Waals surface area contributed by atoms with Crippen LogP contribution < -0.4 is 15.4 Å². The van der Waals surface area contributed by atoms with Gasteiger partial charge in [-0.1, -0.05) is 0 Å². The number of ether oxygens (including phenoxy) is 1. The second-order valence-electron chi connectivity index (χ2n) is 5.13. The van der Waals surface area contributed by atoms with E-state index in [0.29, 0.717) is 19.0 Å². The minimum absolute atomic E-state index is 0.541. The average molecular weight is 317 g/mol. The maximum absolute atomic E-state index is 5.43. The summed E-state index contributed by atoms with van der Waals surface area (Å²) >= 11 is 0. The molecule has 0 unspecified atom stereocenters. The molecule has 0 amide bonds. The van der Waals surface area contributed by atoms with Crippen LogP contribution in [0.3, 0.4) is 0 Å². The van der Waals surface area contributed by atoms with Crippen molar-refractivity contribution in [2.24, 2.45) is 12.0 Å². The minimum atomic E-state index is 0.541. The fourth-order valence-electron chi connectivity index (χ4n) is 2.28. The van der Waals surface area contributed by atoms with Crippen molar-refractivity contribution in [3.8, 4) is 5.75 Å². The molecule has 0 spiro atoms. The van der Waals surface area contributed by atoms with Crippen molar-refractivity contribution in [3.63, 3.8) is 0 Å². The van der Waals surface area contributed by atoms with Crippen molar-refractivity contribution in [2.75, 3.05) is 14.2 Å². The van der Waals surface area contributed by atoms with Gasteiger partial charge in [0.25, 0.3) is 0 Å². The first kappa shape index (κ1) is 16.7. The van der Waals surface area contributed by atoms with Gasteiger partial charge in [0, 0.05) is 31.4 Å². The number of methoxy groups -OCH3 is 1. The van der Waals surface area contributed by atoms with Crippen molar-refractivity contribution in [3.05, 3.63) is 35.2 Å². The van der Waals surface area contributed by atoms with E-state index in [-0.39, 0.29) is 0 Å². The van der Waals surface area contributed by atoms with Crippen LogP contribution >= 0.6 is 0 Å². The molecule has 0 aromatic carbocycles. The minimum Gasteiger partial charge on any atom is -0.496 e. The number of guanidine groups is 1. The van der Waals surface area contributed by atoms with Crippen LogP contribution in [0.25, 0.3) is 0 Å². The zero-order chi connectivity index (χ0) is 16.8. The van der Waals surface area contributed by atoms with Gasteiger partial charge in [0.15, 0.2) is 5.96 Å². The Hall–Kier alpha value is -2.64. The van der Waals surface area contributed by atoms with Gasteiger partial charge in [0.05, 0.1) is 25.9 Å². The molecule has 8 heteroatoms. The predicted octanol–water partition coefficient (Wildman–Crippen LogP) is 0.701. The number of pyridine rings is 1. The molecule has 124 valence electrons. The monoisotopic (exact) mass is 317 g/mol. The molecule has 2 aromatic rings. The van der Waals surface area contributed by atoms with Crippen molar-refractivity contribution in [1.29, 1.82) is 0 Å². The lowest BCUT2D eigenvalue weighted by molar-refractivity contribution is 0.406. The van der Waals surface area contributed by atoms with E-state index >= 15 is 0 Å². The number of nitrogens with zero attached hydrogens (tertiary/aromatic N) is 5. The normalized spacial score (nSPS) is 11.4. The molecule has 0 fully saturated rings. The van der Waals surface area contributed by atoms with Crippen molar-refractivity contribution in [1.82, 2.24) is 30.4 Å². The van der Waals surface area contributed by atoms with E-state index in [4.69, 9.17) is 4.74 Å². The molecule has 0 bridgehead atoms. The van der Waals surface area contributed by atoms with Crippen LogP contribution in [-0.4, -0.2) is 39.9 Å². The number of nitrogens with one attached hydrogen (secondary N) is 2. The van der Waals surface area contributed by atoms with E-state index in [9.17, 15) is 0 Å². The van der Waals surface area contributed by atoms with Crippen LogP contribution in [0.2, 0.25) is 0 Å². The first-order valence-corrected chi connectivity index (χ1v) is 7.33. The highest BCUT2D eigenvalue weighted by atomic mass is 16.5. The van der Waals surface area contributed by atoms with Gasteiger partial charge >= 0.3 is 0 Å². The number of hydrogen-bond acceptors (Lipinski definition) is 5. The summed E-state index contributed by atoms with van der Waals surface area (Å²) < 4.78 is 7.15. The van der Waals surface area contributed by atoms with Crippen molar-refractivity contribution < 1.29 is 4.74 Å². The molecule has 0 aliphatic heterocycles. The molecular weight excluding hydrogens is 294 g/mol. The maximum Gasteiger partial charge on any atom is 0.191 e. The Balaban J connectivity index is 1.97. The maximum atomic E-state index is 5.43. The fourth-order valence-corrected chi connectivity index (χ4v) is 2.28. The predicted molar refractivity (Wildman–Crippen MR) is 88.3 cm³/mol. The third-order valence-corrected chi connectivity index (χ3v) is 3.62. The average Bonchev–Trinajstić information content (AvgIpc) is 2.95. The second-order valence-corrected chi connectivity index (χ2v) is 5.13. The van der Waals surface area contributed by atoms with E-state index in [1.165, 1.54) is 6.33 Å². The van der Waals surface area contributed by atoms with Gasteiger partial charge in [-0.05, 0) is 13.8 Å². The summed E-state index contributed by atoms with van der Waals surface area (Å²) in [5.74, 6) is 2.38. The third-order valence-electron chi connectivity index (χ3n) is 3.62. The highest BCUT2D eigenvalue weighted by Crippen LogP contribution is 2.23. The van der Waals surface area contributed by atoms with E-state index in [1.807, 2.05) is 27.1 Å². The van der Waals surface area contributed by atoms with Crippen molar-refractivity contribution in [2.45, 2.75) is 26.9 Å². The SMILES string of the molecule is CN=C(NCc1ncc(C)c(OC)c1C)NCc1ncnn1C. The van der Waals surface area contributed by atoms with Gasteiger partial charge < -0.3 is 15.4 Å². The van der Waals surface area contributed by atoms with Gasteiger partial charge in [-0.2, -0.15) is 5.10 Å². The highest BCUT2D eigenvalue weighted by Gasteiger charge is 2.10. The topological polar surface area (TPSA) is 89.2 Å². The molecular formula is C15H23N7O. The molecule has 2 rings (SSSR count). The Morgan fingerprint density at radius 3 is 2.61 bits per heavy atom. The Morgan fingerprint density at radius 2 is 2.00 bits per heavy atom. The standard InChI is InChI=1S/C15H23N7O/c1-10-6-17-12(11(2)14(10)23-5)7-18-15(16-3)19-8-13-20-9-21-22(13)4/h6,9H,7-8H2,1-5H3,(H2,16,18,19). The van der Waals surface area contributed by atoms with E-state index in [0.717, 1.165) is 28.4 Å². The molecule has 23 heavy (non-hydrogen) atoms. The smallest absolute Gasteiger partial charge is 0.191 e. The van der Waals surface area contributed by atoms with Crippen LogP contribution in [-0.2, 0) is 20.1 Å². The van der Waals surface area contributed by atoms with Crippen LogP contribution in [0.5, 0.6) is 5.75 Å². The molecule has 0 saturated carbocycles. The molecule has 0 saturated heterocycles. The van der Waals surface area contributed by atoms with E-state index < -0.39 is 0 Å².